The molecule has 5 atom stereocenters. The first-order valence-corrected chi connectivity index (χ1v) is 12.9. The molecule has 3 heterocycles. The lowest BCUT2D eigenvalue weighted by Crippen LogP contribution is -2.56. The number of rotatable bonds is 12. The molecule has 36 heavy (non-hydrogen) atoms. The van der Waals surface area contributed by atoms with Crippen LogP contribution in [0.4, 0.5) is 11.4 Å². The van der Waals surface area contributed by atoms with Crippen molar-refractivity contribution >= 4 is 29.2 Å². The van der Waals surface area contributed by atoms with E-state index < -0.39 is 35.6 Å². The number of carboxylic acids is 1. The van der Waals surface area contributed by atoms with Crippen molar-refractivity contribution in [3.05, 3.63) is 36.9 Å². The van der Waals surface area contributed by atoms with Crippen LogP contribution in [0, 0.1) is 11.8 Å². The van der Waals surface area contributed by atoms with Crippen LogP contribution in [-0.4, -0.2) is 83.4 Å². The Bertz CT molecular complexity index is 994. The van der Waals surface area contributed by atoms with Gasteiger partial charge in [-0.3, -0.25) is 14.4 Å². The molecule has 196 valence electrons. The van der Waals surface area contributed by atoms with Gasteiger partial charge in [0.15, 0.2) is 0 Å². The summed E-state index contributed by atoms with van der Waals surface area (Å²) in [5.74, 6) is -3.52. The monoisotopic (exact) mass is 499 g/mol. The van der Waals surface area contributed by atoms with E-state index >= 15 is 0 Å². The lowest BCUT2D eigenvalue weighted by atomic mass is 9.70. The molecular formula is C27H37N3O6. The smallest absolute Gasteiger partial charge is 0.310 e. The summed E-state index contributed by atoms with van der Waals surface area (Å²) in [4.78, 5) is 45.3. The van der Waals surface area contributed by atoms with Gasteiger partial charge >= 0.3 is 5.97 Å². The third kappa shape index (κ3) is 4.18. The summed E-state index contributed by atoms with van der Waals surface area (Å²) in [6, 6.07) is 6.81. The van der Waals surface area contributed by atoms with E-state index in [0.29, 0.717) is 31.4 Å². The van der Waals surface area contributed by atoms with Crippen LogP contribution in [0.5, 0.6) is 0 Å². The number of anilines is 2. The van der Waals surface area contributed by atoms with Gasteiger partial charge < -0.3 is 29.6 Å². The van der Waals surface area contributed by atoms with Crippen LogP contribution in [0.2, 0.25) is 0 Å². The van der Waals surface area contributed by atoms with Gasteiger partial charge in [0, 0.05) is 44.2 Å². The first kappa shape index (κ1) is 26.2. The predicted molar refractivity (Wildman–Crippen MR) is 136 cm³/mol. The van der Waals surface area contributed by atoms with Crippen molar-refractivity contribution in [2.45, 2.75) is 57.3 Å². The fourth-order valence-electron chi connectivity index (χ4n) is 6.38. The average Bonchev–Trinajstić information content (AvgIpc) is 3.51. The molecule has 0 aromatic heterocycles. The number of carbonyl (C=O) groups is 3. The molecular weight excluding hydrogens is 462 g/mol. The number of nitrogens with zero attached hydrogens (tertiary/aromatic N) is 3. The minimum absolute atomic E-state index is 0.0208. The molecule has 3 aliphatic heterocycles. The molecule has 9 nitrogen and oxygen atoms in total. The number of unbranched alkanes of at least 4 members (excludes halogenated alkanes) is 1. The molecule has 1 aromatic carbocycles. The van der Waals surface area contributed by atoms with Crippen molar-refractivity contribution in [1.82, 2.24) is 4.90 Å². The van der Waals surface area contributed by atoms with Crippen molar-refractivity contribution in [2.75, 3.05) is 42.6 Å². The quantitative estimate of drug-likeness (QED) is 0.335. The molecule has 4 rings (SSSR count). The third-order valence-corrected chi connectivity index (χ3v) is 7.99. The number of hydrogen-bond acceptors (Lipinski definition) is 6. The maximum Gasteiger partial charge on any atom is 0.310 e. The Morgan fingerprint density at radius 2 is 1.86 bits per heavy atom. The van der Waals surface area contributed by atoms with Crippen molar-refractivity contribution in [3.63, 3.8) is 0 Å². The minimum Gasteiger partial charge on any atom is -0.481 e. The Labute approximate surface area is 212 Å². The van der Waals surface area contributed by atoms with Crippen molar-refractivity contribution in [2.24, 2.45) is 11.8 Å². The number of aliphatic hydroxyl groups is 1. The van der Waals surface area contributed by atoms with Gasteiger partial charge in [-0.1, -0.05) is 6.08 Å². The number of likely N-dealkylation sites (tertiary alicyclic amines) is 1. The Morgan fingerprint density at radius 3 is 2.44 bits per heavy atom. The molecule has 3 fully saturated rings. The zero-order valence-corrected chi connectivity index (χ0v) is 21.1. The summed E-state index contributed by atoms with van der Waals surface area (Å²) in [5, 5.41) is 19.2. The van der Waals surface area contributed by atoms with Crippen LogP contribution in [0.15, 0.2) is 36.9 Å². The zero-order chi connectivity index (χ0) is 26.0. The van der Waals surface area contributed by atoms with E-state index in [1.807, 2.05) is 24.3 Å². The van der Waals surface area contributed by atoms with Gasteiger partial charge in [0.25, 0.3) is 5.91 Å². The molecule has 2 unspecified atom stereocenters. The van der Waals surface area contributed by atoms with E-state index in [-0.39, 0.29) is 31.5 Å². The summed E-state index contributed by atoms with van der Waals surface area (Å²) in [5.41, 5.74) is 0.583. The fraction of sp³-hybridized carbons (Fsp3) is 0.593. The molecule has 2 N–H and O–H groups in total. The number of carboxylic acid groups (broad SMARTS) is 1. The van der Waals surface area contributed by atoms with E-state index in [9.17, 15) is 24.6 Å². The summed E-state index contributed by atoms with van der Waals surface area (Å²) in [6.45, 7) is 10.2. The van der Waals surface area contributed by atoms with E-state index in [1.54, 1.807) is 11.0 Å². The Hall–Kier alpha value is -2.91. The molecule has 1 aromatic rings. The maximum atomic E-state index is 14.3. The molecule has 9 heteroatoms. The van der Waals surface area contributed by atoms with Gasteiger partial charge in [0.1, 0.15) is 11.6 Å². The topological polar surface area (TPSA) is 111 Å². The van der Waals surface area contributed by atoms with Crippen molar-refractivity contribution < 1.29 is 29.3 Å². The van der Waals surface area contributed by atoms with Gasteiger partial charge in [0.2, 0.25) is 5.91 Å². The molecule has 3 aliphatic rings. The minimum atomic E-state index is -1.15. The average molecular weight is 500 g/mol. The molecule has 3 saturated heterocycles. The molecule has 0 radical (unpaired) electrons. The predicted octanol–water partition coefficient (Wildman–Crippen LogP) is 2.28. The Balaban J connectivity index is 1.71. The lowest BCUT2D eigenvalue weighted by Gasteiger charge is -2.37. The van der Waals surface area contributed by atoms with Crippen LogP contribution in [0.25, 0.3) is 0 Å². The van der Waals surface area contributed by atoms with E-state index in [1.165, 1.54) is 4.90 Å². The van der Waals surface area contributed by atoms with Crippen LogP contribution in [0.3, 0.4) is 0 Å². The maximum absolute atomic E-state index is 14.3. The number of benzene rings is 1. The number of carbonyl (C=O) groups excluding carboxylic acids is 2. The van der Waals surface area contributed by atoms with Crippen LogP contribution < -0.4 is 9.80 Å². The number of aliphatic hydroxyl groups excluding tert-OH is 1. The standard InChI is InChI=1S/C27H37N3O6/c1-4-15-29(19-11-9-18(10-12-19)28(5-2)6-3)25(33)23-27-14-13-20(36-27)21(26(34)35)22(27)24(32)30(23)16-7-8-17-31/h4,9-12,20-23,31H,1,5-8,13-17H2,2-3H3,(H,34,35)/t20-,21+,22-,23?,27?/m0/s1. The van der Waals surface area contributed by atoms with E-state index in [2.05, 4.69) is 25.3 Å². The van der Waals surface area contributed by atoms with E-state index in [4.69, 9.17) is 4.74 Å². The first-order valence-electron chi connectivity index (χ1n) is 12.9. The highest BCUT2D eigenvalue weighted by molar-refractivity contribution is 6.04. The van der Waals surface area contributed by atoms with Gasteiger partial charge in [-0.2, -0.15) is 0 Å². The SMILES string of the molecule is C=CCN(C(=O)C1N(CCCCO)C(=O)[C@@H]2[C@H](C(=O)O)[C@@H]3CCC12O3)c1ccc(N(CC)CC)cc1. The van der Waals surface area contributed by atoms with Gasteiger partial charge in [0.05, 0.1) is 17.9 Å². The Morgan fingerprint density at radius 1 is 1.19 bits per heavy atom. The van der Waals surface area contributed by atoms with Crippen molar-refractivity contribution in [1.29, 1.82) is 0 Å². The highest BCUT2D eigenvalue weighted by Gasteiger charge is 2.74. The third-order valence-electron chi connectivity index (χ3n) is 7.99. The second kappa shape index (κ2) is 10.6. The van der Waals surface area contributed by atoms with Gasteiger partial charge in [-0.25, -0.2) is 0 Å². The van der Waals surface area contributed by atoms with Crippen LogP contribution >= 0.6 is 0 Å². The summed E-state index contributed by atoms with van der Waals surface area (Å²) < 4.78 is 6.27. The summed E-state index contributed by atoms with van der Waals surface area (Å²) >= 11 is 0. The van der Waals surface area contributed by atoms with Crippen molar-refractivity contribution in [3.8, 4) is 0 Å². The summed E-state index contributed by atoms with van der Waals surface area (Å²) in [6.07, 6.45) is 3.05. The van der Waals surface area contributed by atoms with E-state index in [0.717, 1.165) is 18.8 Å². The highest BCUT2D eigenvalue weighted by atomic mass is 16.5. The van der Waals surface area contributed by atoms with Gasteiger partial charge in [-0.05, 0) is 63.8 Å². The van der Waals surface area contributed by atoms with Gasteiger partial charge in [-0.15, -0.1) is 6.58 Å². The molecule has 2 bridgehead atoms. The molecule has 2 amide bonds. The largest absolute Gasteiger partial charge is 0.481 e. The van der Waals surface area contributed by atoms with Crippen LogP contribution in [0.1, 0.15) is 39.5 Å². The second-order valence-electron chi connectivity index (χ2n) is 9.78. The highest BCUT2D eigenvalue weighted by Crippen LogP contribution is 2.58. The number of amides is 2. The number of hydrogen-bond donors (Lipinski definition) is 2. The molecule has 0 aliphatic carbocycles. The zero-order valence-electron chi connectivity index (χ0n) is 21.1. The first-order chi connectivity index (χ1) is 17.3. The molecule has 0 saturated carbocycles. The summed E-state index contributed by atoms with van der Waals surface area (Å²) in [7, 11) is 0. The lowest BCUT2D eigenvalue weighted by molar-refractivity contribution is -0.149. The van der Waals surface area contributed by atoms with Crippen LogP contribution in [-0.2, 0) is 19.1 Å². The molecule has 1 spiro atoms. The number of ether oxygens (including phenoxy) is 1. The Kier molecular flexibility index (Phi) is 7.70. The normalized spacial score (nSPS) is 28.3. The number of aliphatic carboxylic acids is 1. The fourth-order valence-corrected chi connectivity index (χ4v) is 6.38. The second-order valence-corrected chi connectivity index (χ2v) is 9.78. The number of fused-ring (bicyclic) bond motifs is 1.